The third kappa shape index (κ3) is 5.23. The minimum Gasteiger partial charge on any atom is -0.493 e. The van der Waals surface area contributed by atoms with Gasteiger partial charge in [0.2, 0.25) is 0 Å². The first-order valence-electron chi connectivity index (χ1n) is 8.90. The number of carboxylic acids is 1. The zero-order chi connectivity index (χ0) is 20.8. The minimum atomic E-state index is -0.954. The number of carbonyl (C=O) groups is 1. The first kappa shape index (κ1) is 20.6. The van der Waals surface area contributed by atoms with Crippen LogP contribution in [0, 0.1) is 6.92 Å². The van der Waals surface area contributed by atoms with Crippen LogP contribution < -0.4 is 9.47 Å². The van der Waals surface area contributed by atoms with E-state index in [4.69, 9.17) is 14.6 Å². The highest BCUT2D eigenvalue weighted by molar-refractivity contribution is 9.10. The molecule has 0 radical (unpaired) electrons. The van der Waals surface area contributed by atoms with Crippen molar-refractivity contribution in [2.75, 3.05) is 7.11 Å². The van der Waals surface area contributed by atoms with Gasteiger partial charge < -0.3 is 14.6 Å². The monoisotopic (exact) mass is 453 g/mol. The van der Waals surface area contributed by atoms with Gasteiger partial charge in [-0.3, -0.25) is 4.99 Å². The van der Waals surface area contributed by atoms with Crippen molar-refractivity contribution in [1.29, 1.82) is 0 Å². The van der Waals surface area contributed by atoms with Gasteiger partial charge in [0.25, 0.3) is 0 Å². The number of hydrogen-bond donors (Lipinski definition) is 1. The Hall–Kier alpha value is -3.12. The van der Waals surface area contributed by atoms with E-state index >= 15 is 0 Å². The lowest BCUT2D eigenvalue weighted by atomic mass is 10.1. The molecule has 3 aromatic carbocycles. The maximum absolute atomic E-state index is 10.9. The van der Waals surface area contributed by atoms with E-state index in [1.54, 1.807) is 37.6 Å². The highest BCUT2D eigenvalue weighted by Gasteiger charge is 2.12. The molecule has 0 heterocycles. The second-order valence-electron chi connectivity index (χ2n) is 6.37. The third-order valence-corrected chi connectivity index (χ3v) is 4.89. The summed E-state index contributed by atoms with van der Waals surface area (Å²) in [5.41, 5.74) is 3.98. The average molecular weight is 454 g/mol. The molecule has 3 aromatic rings. The van der Waals surface area contributed by atoms with Crippen molar-refractivity contribution in [3.05, 3.63) is 87.4 Å². The summed E-state index contributed by atoms with van der Waals surface area (Å²) >= 11 is 3.54. The predicted octanol–water partition coefficient (Wildman–Crippen LogP) is 5.79. The van der Waals surface area contributed by atoms with Gasteiger partial charge in [0.1, 0.15) is 6.61 Å². The van der Waals surface area contributed by atoms with Gasteiger partial charge in [-0.05, 0) is 69.9 Å². The molecule has 0 fully saturated rings. The van der Waals surface area contributed by atoms with Crippen LogP contribution in [0.4, 0.5) is 5.69 Å². The summed E-state index contributed by atoms with van der Waals surface area (Å²) in [6.07, 6.45) is 1.78. The van der Waals surface area contributed by atoms with E-state index in [9.17, 15) is 4.79 Å². The Kier molecular flexibility index (Phi) is 6.67. The van der Waals surface area contributed by atoms with Crippen LogP contribution in [-0.4, -0.2) is 24.4 Å². The third-order valence-electron chi connectivity index (χ3n) is 4.30. The zero-order valence-corrected chi connectivity index (χ0v) is 17.6. The number of aliphatic imine (C=N–C) groups is 1. The van der Waals surface area contributed by atoms with E-state index in [2.05, 4.69) is 20.9 Å². The Balaban J connectivity index is 1.77. The molecule has 0 aliphatic heterocycles. The fraction of sp³-hybridized carbons (Fsp3) is 0.130. The van der Waals surface area contributed by atoms with Crippen molar-refractivity contribution in [3.8, 4) is 11.5 Å². The molecule has 0 aliphatic carbocycles. The Morgan fingerprint density at radius 3 is 2.52 bits per heavy atom. The lowest BCUT2D eigenvalue weighted by Crippen LogP contribution is -2.01. The first-order valence-corrected chi connectivity index (χ1v) is 9.69. The van der Waals surface area contributed by atoms with Crippen molar-refractivity contribution >= 4 is 33.8 Å². The molecule has 0 aromatic heterocycles. The topological polar surface area (TPSA) is 68.1 Å². The number of aryl methyl sites for hydroxylation is 1. The van der Waals surface area contributed by atoms with Crippen molar-refractivity contribution < 1.29 is 19.4 Å². The smallest absolute Gasteiger partial charge is 0.335 e. The van der Waals surface area contributed by atoms with E-state index in [0.29, 0.717) is 11.5 Å². The molecule has 0 atom stereocenters. The SMILES string of the molecule is COc1cc(C=Nc2ccccc2C)cc(Br)c1OCc1ccc(C(=O)O)cc1. The first-order chi connectivity index (χ1) is 14.0. The standard InChI is InChI=1S/C23H20BrNO4/c1-15-5-3-4-6-20(15)25-13-17-11-19(24)22(21(12-17)28-2)29-14-16-7-9-18(10-8-16)23(26)27/h3-13H,14H2,1-2H3,(H,26,27). The zero-order valence-electron chi connectivity index (χ0n) is 16.1. The molecule has 0 bridgehead atoms. The molecule has 3 rings (SSSR count). The van der Waals surface area contributed by atoms with Gasteiger partial charge in [0.15, 0.2) is 11.5 Å². The molecule has 0 spiro atoms. The van der Waals surface area contributed by atoms with Crippen LogP contribution in [0.2, 0.25) is 0 Å². The van der Waals surface area contributed by atoms with Crippen molar-refractivity contribution in [1.82, 2.24) is 0 Å². The number of methoxy groups -OCH3 is 1. The highest BCUT2D eigenvalue weighted by atomic mass is 79.9. The number of hydrogen-bond acceptors (Lipinski definition) is 4. The Morgan fingerprint density at radius 2 is 1.86 bits per heavy atom. The Morgan fingerprint density at radius 1 is 1.14 bits per heavy atom. The summed E-state index contributed by atoms with van der Waals surface area (Å²) in [6, 6.07) is 18.2. The van der Waals surface area contributed by atoms with Gasteiger partial charge in [-0.15, -0.1) is 0 Å². The normalized spacial score (nSPS) is 10.9. The average Bonchev–Trinajstić information content (AvgIpc) is 2.72. The molecule has 1 N–H and O–H groups in total. The number of aromatic carboxylic acids is 1. The van der Waals surface area contributed by atoms with E-state index < -0.39 is 5.97 Å². The molecule has 0 saturated heterocycles. The van der Waals surface area contributed by atoms with Gasteiger partial charge in [-0.2, -0.15) is 0 Å². The van der Waals surface area contributed by atoms with Crippen LogP contribution in [0.25, 0.3) is 0 Å². The van der Waals surface area contributed by atoms with Crippen LogP contribution in [0.3, 0.4) is 0 Å². The van der Waals surface area contributed by atoms with Crippen LogP contribution >= 0.6 is 15.9 Å². The van der Waals surface area contributed by atoms with E-state index in [1.165, 1.54) is 0 Å². The largest absolute Gasteiger partial charge is 0.493 e. The quantitative estimate of drug-likeness (QED) is 0.459. The van der Waals surface area contributed by atoms with E-state index in [-0.39, 0.29) is 12.2 Å². The predicted molar refractivity (Wildman–Crippen MR) is 117 cm³/mol. The van der Waals surface area contributed by atoms with Crippen LogP contribution in [0.1, 0.15) is 27.0 Å². The molecule has 5 nitrogen and oxygen atoms in total. The number of carboxylic acid groups (broad SMARTS) is 1. The van der Waals surface area contributed by atoms with Gasteiger partial charge in [-0.25, -0.2) is 4.79 Å². The van der Waals surface area contributed by atoms with E-state index in [0.717, 1.165) is 26.9 Å². The molecule has 0 amide bonds. The number of nitrogens with zero attached hydrogens (tertiary/aromatic N) is 1. The summed E-state index contributed by atoms with van der Waals surface area (Å²) < 4.78 is 12.1. The number of halogens is 1. The molecule has 29 heavy (non-hydrogen) atoms. The molecular formula is C23H20BrNO4. The Bertz CT molecular complexity index is 1050. The minimum absolute atomic E-state index is 0.241. The second-order valence-corrected chi connectivity index (χ2v) is 7.22. The maximum Gasteiger partial charge on any atom is 0.335 e. The van der Waals surface area contributed by atoms with E-state index in [1.807, 2.05) is 43.3 Å². The van der Waals surface area contributed by atoms with Crippen LogP contribution in [-0.2, 0) is 6.61 Å². The van der Waals surface area contributed by atoms with Crippen molar-refractivity contribution in [3.63, 3.8) is 0 Å². The molecule has 0 unspecified atom stereocenters. The highest BCUT2D eigenvalue weighted by Crippen LogP contribution is 2.37. The number of ether oxygens (including phenoxy) is 2. The summed E-state index contributed by atoms with van der Waals surface area (Å²) in [5, 5.41) is 8.98. The number of benzene rings is 3. The van der Waals surface area contributed by atoms with Crippen LogP contribution in [0.15, 0.2) is 70.1 Å². The fourth-order valence-corrected chi connectivity index (χ4v) is 3.28. The van der Waals surface area contributed by atoms with Gasteiger partial charge >= 0.3 is 5.97 Å². The van der Waals surface area contributed by atoms with Gasteiger partial charge in [-0.1, -0.05) is 30.3 Å². The molecular weight excluding hydrogens is 434 g/mol. The summed E-state index contributed by atoms with van der Waals surface area (Å²) in [5.74, 6) is 0.195. The number of rotatable bonds is 7. The lowest BCUT2D eigenvalue weighted by Gasteiger charge is -2.13. The molecule has 6 heteroatoms. The van der Waals surface area contributed by atoms with Gasteiger partial charge in [0, 0.05) is 6.21 Å². The van der Waals surface area contributed by atoms with Crippen molar-refractivity contribution in [2.24, 2.45) is 4.99 Å². The summed E-state index contributed by atoms with van der Waals surface area (Å²) in [7, 11) is 1.58. The van der Waals surface area contributed by atoms with Crippen LogP contribution in [0.5, 0.6) is 11.5 Å². The van der Waals surface area contributed by atoms with Gasteiger partial charge in [0.05, 0.1) is 22.8 Å². The summed E-state index contributed by atoms with van der Waals surface area (Å²) in [6.45, 7) is 2.30. The lowest BCUT2D eigenvalue weighted by molar-refractivity contribution is 0.0697. The fourth-order valence-electron chi connectivity index (χ4n) is 2.71. The Labute approximate surface area is 177 Å². The molecule has 148 valence electrons. The number of para-hydroxylation sites is 1. The molecule has 0 saturated carbocycles. The maximum atomic E-state index is 10.9. The van der Waals surface area contributed by atoms with Crippen molar-refractivity contribution in [2.45, 2.75) is 13.5 Å². The summed E-state index contributed by atoms with van der Waals surface area (Å²) in [4.78, 5) is 15.5. The molecule has 0 aliphatic rings. The second kappa shape index (κ2) is 9.39.